The Labute approximate surface area is 115 Å². The maximum absolute atomic E-state index is 11.9. The van der Waals surface area contributed by atoms with E-state index in [-0.39, 0.29) is 25.2 Å². The van der Waals surface area contributed by atoms with Gasteiger partial charge in [0, 0.05) is 12.6 Å². The molecule has 110 valence electrons. The summed E-state index contributed by atoms with van der Waals surface area (Å²) in [5.41, 5.74) is 0. The van der Waals surface area contributed by atoms with E-state index in [4.69, 9.17) is 4.74 Å². The van der Waals surface area contributed by atoms with E-state index in [9.17, 15) is 9.90 Å². The molecular weight excluding hydrogens is 244 g/mol. The summed E-state index contributed by atoms with van der Waals surface area (Å²) < 4.78 is 5.19. The second-order valence-electron chi connectivity index (χ2n) is 5.97. The maximum Gasteiger partial charge on any atom is 0.248 e. The van der Waals surface area contributed by atoms with Gasteiger partial charge in [-0.25, -0.2) is 0 Å². The zero-order chi connectivity index (χ0) is 13.8. The number of rotatable bonds is 4. The van der Waals surface area contributed by atoms with Gasteiger partial charge in [0.1, 0.15) is 6.61 Å². The number of aliphatic hydroxyl groups is 1. The van der Waals surface area contributed by atoms with Crippen LogP contribution in [0.2, 0.25) is 0 Å². The highest BCUT2D eigenvalue weighted by Crippen LogP contribution is 2.22. The third kappa shape index (κ3) is 3.68. The number of amides is 1. The highest BCUT2D eigenvalue weighted by atomic mass is 16.5. The number of likely N-dealkylation sites (tertiary alicyclic amines) is 1. The molecule has 2 rings (SSSR count). The Morgan fingerprint density at radius 3 is 2.63 bits per heavy atom. The Morgan fingerprint density at radius 2 is 2.05 bits per heavy atom. The molecule has 5 nitrogen and oxygen atoms in total. The molecule has 0 aromatic heterocycles. The maximum atomic E-state index is 11.9. The molecule has 1 amide bonds. The molecule has 1 atom stereocenters. The first-order valence-electron chi connectivity index (χ1n) is 7.34. The highest BCUT2D eigenvalue weighted by Gasteiger charge is 2.31. The molecule has 0 radical (unpaired) electrons. The molecular formula is C14H26N2O3. The number of morpholine rings is 1. The largest absolute Gasteiger partial charge is 0.394 e. The Balaban J connectivity index is 1.85. The number of hydrogen-bond acceptors (Lipinski definition) is 4. The first kappa shape index (κ1) is 14.8. The minimum atomic E-state index is -0.149. The lowest BCUT2D eigenvalue weighted by Gasteiger charge is -2.40. The molecule has 2 saturated heterocycles. The van der Waals surface area contributed by atoms with Crippen molar-refractivity contribution in [3.8, 4) is 0 Å². The van der Waals surface area contributed by atoms with Gasteiger partial charge in [-0.05, 0) is 45.7 Å². The van der Waals surface area contributed by atoms with Gasteiger partial charge in [0.25, 0.3) is 0 Å². The van der Waals surface area contributed by atoms with E-state index in [0.29, 0.717) is 18.6 Å². The van der Waals surface area contributed by atoms with Crippen LogP contribution in [-0.4, -0.2) is 72.4 Å². The Kier molecular flexibility index (Phi) is 5.19. The number of ether oxygens (including phenoxy) is 1. The molecule has 19 heavy (non-hydrogen) atoms. The first-order chi connectivity index (χ1) is 9.11. The van der Waals surface area contributed by atoms with Gasteiger partial charge < -0.3 is 19.6 Å². The molecule has 5 heteroatoms. The van der Waals surface area contributed by atoms with Crippen LogP contribution < -0.4 is 0 Å². The summed E-state index contributed by atoms with van der Waals surface area (Å²) >= 11 is 0. The zero-order valence-electron chi connectivity index (χ0n) is 12.0. The second-order valence-corrected chi connectivity index (χ2v) is 5.97. The van der Waals surface area contributed by atoms with Crippen molar-refractivity contribution in [3.05, 3.63) is 0 Å². The summed E-state index contributed by atoms with van der Waals surface area (Å²) in [6, 6.07) is 0.459. The Hall–Kier alpha value is -0.650. The average molecular weight is 270 g/mol. The van der Waals surface area contributed by atoms with Gasteiger partial charge in [0.05, 0.1) is 19.3 Å². The van der Waals surface area contributed by atoms with E-state index in [1.807, 2.05) is 4.90 Å². The van der Waals surface area contributed by atoms with Crippen molar-refractivity contribution in [2.75, 3.05) is 39.5 Å². The standard InChI is InChI=1S/C14H26N2O3/c1-11(2)15-5-3-12(4-6-15)7-16-13(8-17)9-19-10-14(16)18/h11-13,17H,3-10H2,1-2H3. The Bertz CT molecular complexity index is 301. The molecule has 0 bridgehead atoms. The van der Waals surface area contributed by atoms with Gasteiger partial charge in [-0.15, -0.1) is 0 Å². The molecule has 0 spiro atoms. The van der Waals surface area contributed by atoms with Crippen LogP contribution in [0.3, 0.4) is 0 Å². The van der Waals surface area contributed by atoms with Crippen LogP contribution in [-0.2, 0) is 9.53 Å². The quantitative estimate of drug-likeness (QED) is 0.800. The predicted molar refractivity (Wildman–Crippen MR) is 72.8 cm³/mol. The number of carbonyl (C=O) groups is 1. The molecule has 2 aliphatic heterocycles. The molecule has 0 aromatic rings. The molecule has 1 N–H and O–H groups in total. The van der Waals surface area contributed by atoms with Crippen LogP contribution in [0, 0.1) is 5.92 Å². The van der Waals surface area contributed by atoms with Crippen LogP contribution in [0.25, 0.3) is 0 Å². The lowest BCUT2D eigenvalue weighted by atomic mass is 9.94. The van der Waals surface area contributed by atoms with Gasteiger partial charge in [-0.2, -0.15) is 0 Å². The fourth-order valence-electron chi connectivity index (χ4n) is 2.99. The van der Waals surface area contributed by atoms with Gasteiger partial charge in [0.15, 0.2) is 0 Å². The van der Waals surface area contributed by atoms with Crippen molar-refractivity contribution >= 4 is 5.91 Å². The van der Waals surface area contributed by atoms with Gasteiger partial charge in [-0.1, -0.05) is 0 Å². The summed E-state index contributed by atoms with van der Waals surface area (Å²) in [6.45, 7) is 8.10. The molecule has 1 unspecified atom stereocenters. The van der Waals surface area contributed by atoms with Crippen LogP contribution in [0.1, 0.15) is 26.7 Å². The highest BCUT2D eigenvalue weighted by molar-refractivity contribution is 5.78. The number of hydrogen-bond donors (Lipinski definition) is 1. The van der Waals surface area contributed by atoms with E-state index in [1.54, 1.807) is 0 Å². The molecule has 2 aliphatic rings. The van der Waals surface area contributed by atoms with Crippen molar-refractivity contribution < 1.29 is 14.6 Å². The smallest absolute Gasteiger partial charge is 0.248 e. The second kappa shape index (κ2) is 6.68. The van der Waals surface area contributed by atoms with Crippen molar-refractivity contribution in [1.82, 2.24) is 9.80 Å². The molecule has 0 aromatic carbocycles. The first-order valence-corrected chi connectivity index (χ1v) is 7.34. The normalized spacial score (nSPS) is 27.3. The van der Waals surface area contributed by atoms with Crippen LogP contribution in [0.15, 0.2) is 0 Å². The fraction of sp³-hybridized carbons (Fsp3) is 0.929. The summed E-state index contributed by atoms with van der Waals surface area (Å²) in [7, 11) is 0. The lowest BCUT2D eigenvalue weighted by Crippen LogP contribution is -2.53. The number of nitrogens with zero attached hydrogens (tertiary/aromatic N) is 2. The number of carbonyl (C=O) groups excluding carboxylic acids is 1. The Morgan fingerprint density at radius 1 is 1.37 bits per heavy atom. The average Bonchev–Trinajstić information content (AvgIpc) is 2.41. The molecule has 2 fully saturated rings. The van der Waals surface area contributed by atoms with E-state index in [1.165, 1.54) is 0 Å². The minimum absolute atomic E-state index is 0.00339. The minimum Gasteiger partial charge on any atom is -0.394 e. The fourth-order valence-corrected chi connectivity index (χ4v) is 2.99. The third-order valence-corrected chi connectivity index (χ3v) is 4.34. The zero-order valence-corrected chi connectivity index (χ0v) is 12.0. The van der Waals surface area contributed by atoms with E-state index >= 15 is 0 Å². The topological polar surface area (TPSA) is 53.0 Å². The van der Waals surface area contributed by atoms with Crippen LogP contribution in [0.4, 0.5) is 0 Å². The summed E-state index contributed by atoms with van der Waals surface area (Å²) in [6.07, 6.45) is 2.28. The molecule has 0 aliphatic carbocycles. The molecule has 2 heterocycles. The number of piperidine rings is 1. The van der Waals surface area contributed by atoms with Gasteiger partial charge in [-0.3, -0.25) is 4.79 Å². The van der Waals surface area contributed by atoms with E-state index < -0.39 is 0 Å². The van der Waals surface area contributed by atoms with Gasteiger partial charge in [0.2, 0.25) is 5.91 Å². The van der Waals surface area contributed by atoms with E-state index in [0.717, 1.165) is 32.5 Å². The summed E-state index contributed by atoms with van der Waals surface area (Å²) in [5, 5.41) is 9.34. The molecule has 0 saturated carbocycles. The lowest BCUT2D eigenvalue weighted by molar-refractivity contribution is -0.151. The van der Waals surface area contributed by atoms with Crippen molar-refractivity contribution in [1.29, 1.82) is 0 Å². The van der Waals surface area contributed by atoms with E-state index in [2.05, 4.69) is 18.7 Å². The van der Waals surface area contributed by atoms with Crippen LogP contribution >= 0.6 is 0 Å². The van der Waals surface area contributed by atoms with Crippen molar-refractivity contribution in [2.45, 2.75) is 38.8 Å². The van der Waals surface area contributed by atoms with Gasteiger partial charge >= 0.3 is 0 Å². The number of aliphatic hydroxyl groups excluding tert-OH is 1. The summed E-state index contributed by atoms with van der Waals surface area (Å²) in [5.74, 6) is 0.586. The third-order valence-electron chi connectivity index (χ3n) is 4.34. The monoisotopic (exact) mass is 270 g/mol. The SMILES string of the molecule is CC(C)N1CCC(CN2C(=O)COCC2CO)CC1. The van der Waals surface area contributed by atoms with Crippen molar-refractivity contribution in [3.63, 3.8) is 0 Å². The van der Waals surface area contributed by atoms with Crippen LogP contribution in [0.5, 0.6) is 0 Å². The van der Waals surface area contributed by atoms with Crippen molar-refractivity contribution in [2.24, 2.45) is 5.92 Å². The predicted octanol–water partition coefficient (Wildman–Crippen LogP) is 0.327. The summed E-state index contributed by atoms with van der Waals surface area (Å²) in [4.78, 5) is 16.2.